The first-order valence-electron chi connectivity index (χ1n) is 9.21. The Kier molecular flexibility index (Phi) is 5.54. The van der Waals surface area contributed by atoms with Gasteiger partial charge in [-0.1, -0.05) is 24.3 Å². The quantitative estimate of drug-likeness (QED) is 0.491. The molecule has 4 aromatic rings. The van der Waals surface area contributed by atoms with Crippen LogP contribution in [0, 0.1) is 6.92 Å². The van der Waals surface area contributed by atoms with E-state index in [0.29, 0.717) is 22.8 Å². The third kappa shape index (κ3) is 4.33. The Morgan fingerprint density at radius 3 is 2.26 bits per heavy atom. The van der Waals surface area contributed by atoms with Crippen molar-refractivity contribution in [2.24, 2.45) is 0 Å². The van der Waals surface area contributed by atoms with Crippen molar-refractivity contribution in [3.8, 4) is 28.5 Å². The number of rotatable bonds is 6. The summed E-state index contributed by atoms with van der Waals surface area (Å²) < 4.78 is 33.9. The second-order valence-electron chi connectivity index (χ2n) is 6.47. The molecule has 0 radical (unpaired) electrons. The Bertz CT molecular complexity index is 1310. The van der Waals surface area contributed by atoms with E-state index in [2.05, 4.69) is 29.6 Å². The molecule has 31 heavy (non-hydrogen) atoms. The van der Waals surface area contributed by atoms with Crippen LogP contribution < -0.4 is 9.46 Å². The first-order valence-corrected chi connectivity index (χ1v) is 10.7. The molecule has 0 aliphatic rings. The zero-order valence-electron chi connectivity index (χ0n) is 16.7. The second kappa shape index (κ2) is 8.44. The summed E-state index contributed by atoms with van der Waals surface area (Å²) >= 11 is 0. The van der Waals surface area contributed by atoms with E-state index in [0.717, 1.165) is 5.56 Å². The average Bonchev–Trinajstić information content (AvgIpc) is 2.81. The van der Waals surface area contributed by atoms with Gasteiger partial charge in [-0.25, -0.2) is 28.4 Å². The molecule has 3 aromatic heterocycles. The van der Waals surface area contributed by atoms with Crippen molar-refractivity contribution in [1.29, 1.82) is 0 Å². The van der Waals surface area contributed by atoms with Crippen molar-refractivity contribution in [1.82, 2.24) is 24.9 Å². The Hall–Kier alpha value is -3.92. The first kappa shape index (κ1) is 20.4. The van der Waals surface area contributed by atoms with Gasteiger partial charge < -0.3 is 4.74 Å². The lowest BCUT2D eigenvalue weighted by molar-refractivity contribution is 0.397. The summed E-state index contributed by atoms with van der Waals surface area (Å²) in [5.41, 5.74) is 2.34. The van der Waals surface area contributed by atoms with Crippen LogP contribution in [0.5, 0.6) is 5.88 Å². The molecule has 9 nitrogen and oxygen atoms in total. The summed E-state index contributed by atoms with van der Waals surface area (Å²) in [5.74, 6) is 0.662. The summed E-state index contributed by atoms with van der Waals surface area (Å²) in [5, 5.41) is 0. The fraction of sp³-hybridized carbons (Fsp3) is 0.0952. The zero-order valence-corrected chi connectivity index (χ0v) is 17.5. The molecule has 0 amide bonds. The Labute approximate surface area is 179 Å². The predicted octanol–water partition coefficient (Wildman–Crippen LogP) is 3.11. The van der Waals surface area contributed by atoms with Gasteiger partial charge in [-0.15, -0.1) is 0 Å². The van der Waals surface area contributed by atoms with Gasteiger partial charge in [0.2, 0.25) is 5.82 Å². The lowest BCUT2D eigenvalue weighted by atomic mass is 10.1. The largest absolute Gasteiger partial charge is 0.478 e. The fourth-order valence-electron chi connectivity index (χ4n) is 2.90. The lowest BCUT2D eigenvalue weighted by Crippen LogP contribution is -2.16. The van der Waals surface area contributed by atoms with Gasteiger partial charge >= 0.3 is 0 Å². The summed E-state index contributed by atoms with van der Waals surface area (Å²) in [6.45, 7) is 1.73. The van der Waals surface area contributed by atoms with E-state index in [9.17, 15) is 8.42 Å². The highest BCUT2D eigenvalue weighted by molar-refractivity contribution is 7.92. The lowest BCUT2D eigenvalue weighted by Gasteiger charge is -2.13. The van der Waals surface area contributed by atoms with E-state index in [1.807, 2.05) is 12.1 Å². The normalized spacial score (nSPS) is 11.2. The molecule has 4 rings (SSSR count). The first-order chi connectivity index (χ1) is 15.0. The molecule has 0 aliphatic carbocycles. The number of aromatic nitrogens is 5. The summed E-state index contributed by atoms with van der Waals surface area (Å²) in [6, 6.07) is 12.0. The number of aryl methyl sites for hydroxylation is 1. The van der Waals surface area contributed by atoms with Gasteiger partial charge in [0.05, 0.1) is 24.7 Å². The number of ether oxygens (including phenoxy) is 1. The van der Waals surface area contributed by atoms with E-state index in [1.165, 1.54) is 25.6 Å². The van der Waals surface area contributed by atoms with Gasteiger partial charge in [-0.05, 0) is 25.1 Å². The van der Waals surface area contributed by atoms with Crippen molar-refractivity contribution in [2.75, 3.05) is 11.8 Å². The highest BCUT2D eigenvalue weighted by Gasteiger charge is 2.23. The van der Waals surface area contributed by atoms with Gasteiger partial charge in [-0.3, -0.25) is 9.71 Å². The van der Waals surface area contributed by atoms with Crippen molar-refractivity contribution in [3.63, 3.8) is 0 Å². The standard InChI is InChI=1S/C21H18N6O3S/c1-14-13-25-20(21(26-14)30-2)27-31(28,29)17-5-3-10-22-18(17)15-6-8-16(9-7-15)19-23-11-4-12-24-19/h3-13H,1-2H3,(H,25,27). The van der Waals surface area contributed by atoms with E-state index in [1.54, 1.807) is 43.6 Å². The smallest absolute Gasteiger partial charge is 0.265 e. The predicted molar refractivity (Wildman–Crippen MR) is 115 cm³/mol. The van der Waals surface area contributed by atoms with Gasteiger partial charge in [-0.2, -0.15) is 0 Å². The molecule has 10 heteroatoms. The average molecular weight is 434 g/mol. The minimum absolute atomic E-state index is 0.000484. The molecule has 0 fully saturated rings. The van der Waals surface area contributed by atoms with Gasteiger partial charge in [0.15, 0.2) is 5.82 Å². The number of benzene rings is 1. The van der Waals surface area contributed by atoms with Crippen molar-refractivity contribution < 1.29 is 13.2 Å². The van der Waals surface area contributed by atoms with Gasteiger partial charge in [0.1, 0.15) is 4.90 Å². The Balaban J connectivity index is 1.70. The Morgan fingerprint density at radius 2 is 1.55 bits per heavy atom. The number of hydrogen-bond acceptors (Lipinski definition) is 8. The molecule has 0 aliphatic heterocycles. The molecule has 0 unspecified atom stereocenters. The van der Waals surface area contributed by atoms with Crippen LogP contribution in [0.4, 0.5) is 5.82 Å². The molecular formula is C21H18N6O3S. The topological polar surface area (TPSA) is 120 Å². The van der Waals surface area contributed by atoms with Crippen LogP contribution >= 0.6 is 0 Å². The third-order valence-electron chi connectivity index (χ3n) is 4.33. The molecule has 1 aromatic carbocycles. The minimum Gasteiger partial charge on any atom is -0.478 e. The minimum atomic E-state index is -4.02. The SMILES string of the molecule is COc1nc(C)cnc1NS(=O)(=O)c1cccnc1-c1ccc(-c2ncccn2)cc1. The number of hydrogen-bond donors (Lipinski definition) is 1. The number of sulfonamides is 1. The van der Waals surface area contributed by atoms with E-state index >= 15 is 0 Å². The molecule has 0 atom stereocenters. The number of methoxy groups -OCH3 is 1. The Morgan fingerprint density at radius 1 is 0.871 bits per heavy atom. The molecule has 0 saturated heterocycles. The molecule has 0 saturated carbocycles. The van der Waals surface area contributed by atoms with E-state index in [-0.39, 0.29) is 16.6 Å². The van der Waals surface area contributed by atoms with Crippen LogP contribution in [-0.2, 0) is 10.0 Å². The highest BCUT2D eigenvalue weighted by atomic mass is 32.2. The maximum absolute atomic E-state index is 13.1. The van der Waals surface area contributed by atoms with Crippen LogP contribution in [0.15, 0.2) is 72.1 Å². The summed E-state index contributed by atoms with van der Waals surface area (Å²) in [6.07, 6.45) is 6.31. The molecular weight excluding hydrogens is 416 g/mol. The highest BCUT2D eigenvalue weighted by Crippen LogP contribution is 2.29. The van der Waals surface area contributed by atoms with Crippen LogP contribution in [-0.4, -0.2) is 40.4 Å². The van der Waals surface area contributed by atoms with Crippen molar-refractivity contribution in [2.45, 2.75) is 11.8 Å². The van der Waals surface area contributed by atoms with Crippen LogP contribution in [0.1, 0.15) is 5.69 Å². The summed E-state index contributed by atoms with van der Waals surface area (Å²) in [7, 11) is -2.62. The monoisotopic (exact) mass is 434 g/mol. The zero-order chi connectivity index (χ0) is 21.8. The fourth-order valence-corrected chi connectivity index (χ4v) is 4.09. The molecule has 0 spiro atoms. The third-order valence-corrected chi connectivity index (χ3v) is 5.70. The van der Waals surface area contributed by atoms with Crippen LogP contribution in [0.2, 0.25) is 0 Å². The van der Waals surface area contributed by atoms with E-state index < -0.39 is 10.0 Å². The summed E-state index contributed by atoms with van der Waals surface area (Å²) in [4.78, 5) is 21.0. The van der Waals surface area contributed by atoms with Crippen molar-refractivity contribution in [3.05, 3.63) is 72.9 Å². The van der Waals surface area contributed by atoms with Gasteiger partial charge in [0, 0.05) is 29.7 Å². The van der Waals surface area contributed by atoms with E-state index in [4.69, 9.17) is 4.74 Å². The van der Waals surface area contributed by atoms with Gasteiger partial charge in [0.25, 0.3) is 15.9 Å². The number of nitrogens with one attached hydrogen (secondary N) is 1. The maximum Gasteiger partial charge on any atom is 0.265 e. The van der Waals surface area contributed by atoms with Crippen molar-refractivity contribution >= 4 is 15.8 Å². The maximum atomic E-state index is 13.1. The number of anilines is 1. The number of pyridine rings is 1. The molecule has 3 heterocycles. The molecule has 0 bridgehead atoms. The van der Waals surface area contributed by atoms with Crippen LogP contribution in [0.3, 0.4) is 0 Å². The second-order valence-corrected chi connectivity index (χ2v) is 8.13. The number of nitrogens with zero attached hydrogens (tertiary/aromatic N) is 5. The molecule has 156 valence electrons. The molecule has 1 N–H and O–H groups in total. The van der Waals surface area contributed by atoms with Crippen LogP contribution in [0.25, 0.3) is 22.6 Å².